The molecule has 1 heterocycles. The van der Waals surface area contributed by atoms with Crippen LogP contribution in [0.2, 0.25) is 0 Å². The molecule has 4 heteroatoms. The van der Waals surface area contributed by atoms with Crippen molar-refractivity contribution in [1.82, 2.24) is 9.97 Å². The molecule has 0 amide bonds. The summed E-state index contributed by atoms with van der Waals surface area (Å²) in [5.74, 6) is 0.618. The van der Waals surface area contributed by atoms with Gasteiger partial charge in [-0.1, -0.05) is 0 Å². The number of aliphatic hydroxyl groups excluding tert-OH is 1. The Kier molecular flexibility index (Phi) is 2.99. The normalized spacial score (nSPS) is 9.92. The number of anilines is 1. The SMILES string of the molecule is CCNc1ncc(CO)c(C)n1. The van der Waals surface area contributed by atoms with Crippen LogP contribution in [-0.4, -0.2) is 21.6 Å². The number of nitrogens with zero attached hydrogens (tertiary/aromatic N) is 2. The molecule has 4 nitrogen and oxygen atoms in total. The molecule has 0 atom stereocenters. The van der Waals surface area contributed by atoms with Crippen molar-refractivity contribution in [1.29, 1.82) is 0 Å². The van der Waals surface area contributed by atoms with E-state index in [0.717, 1.165) is 17.8 Å². The van der Waals surface area contributed by atoms with Crippen LogP contribution in [0.4, 0.5) is 5.95 Å². The van der Waals surface area contributed by atoms with E-state index in [0.29, 0.717) is 5.95 Å². The van der Waals surface area contributed by atoms with Crippen LogP contribution >= 0.6 is 0 Å². The van der Waals surface area contributed by atoms with Crippen molar-refractivity contribution in [2.45, 2.75) is 20.5 Å². The highest BCUT2D eigenvalue weighted by atomic mass is 16.3. The van der Waals surface area contributed by atoms with E-state index < -0.39 is 0 Å². The monoisotopic (exact) mass is 167 g/mol. The number of hydrogen-bond acceptors (Lipinski definition) is 4. The average molecular weight is 167 g/mol. The van der Waals surface area contributed by atoms with Gasteiger partial charge in [0.2, 0.25) is 5.95 Å². The Morgan fingerprint density at radius 2 is 2.33 bits per heavy atom. The van der Waals surface area contributed by atoms with Gasteiger partial charge in [0.1, 0.15) is 0 Å². The van der Waals surface area contributed by atoms with Crippen LogP contribution in [0.5, 0.6) is 0 Å². The third kappa shape index (κ3) is 1.92. The number of rotatable bonds is 3. The molecule has 0 spiro atoms. The molecule has 1 aromatic rings. The summed E-state index contributed by atoms with van der Waals surface area (Å²) >= 11 is 0. The average Bonchev–Trinajstić information content (AvgIpc) is 2.05. The fourth-order valence-corrected chi connectivity index (χ4v) is 0.891. The highest BCUT2D eigenvalue weighted by Crippen LogP contribution is 2.05. The van der Waals surface area contributed by atoms with Crippen molar-refractivity contribution in [3.8, 4) is 0 Å². The van der Waals surface area contributed by atoms with Crippen molar-refractivity contribution in [2.24, 2.45) is 0 Å². The fourth-order valence-electron chi connectivity index (χ4n) is 0.891. The van der Waals surface area contributed by atoms with E-state index in [2.05, 4.69) is 15.3 Å². The molecule has 0 bridgehead atoms. The van der Waals surface area contributed by atoms with E-state index in [1.807, 2.05) is 13.8 Å². The van der Waals surface area contributed by atoms with E-state index in [1.54, 1.807) is 6.20 Å². The van der Waals surface area contributed by atoms with Crippen LogP contribution in [0.15, 0.2) is 6.20 Å². The highest BCUT2D eigenvalue weighted by Gasteiger charge is 2.00. The maximum absolute atomic E-state index is 8.84. The molecule has 1 aromatic heterocycles. The summed E-state index contributed by atoms with van der Waals surface area (Å²) in [6.07, 6.45) is 1.64. The van der Waals surface area contributed by atoms with Crippen LogP contribution < -0.4 is 5.32 Å². The second-order valence-corrected chi connectivity index (χ2v) is 2.49. The summed E-state index contributed by atoms with van der Waals surface area (Å²) in [5, 5.41) is 11.8. The third-order valence-corrected chi connectivity index (χ3v) is 1.59. The topological polar surface area (TPSA) is 58.0 Å². The van der Waals surface area contributed by atoms with Gasteiger partial charge in [0.15, 0.2) is 0 Å². The summed E-state index contributed by atoms with van der Waals surface area (Å²) in [5.41, 5.74) is 1.60. The minimum Gasteiger partial charge on any atom is -0.392 e. The summed E-state index contributed by atoms with van der Waals surface area (Å²) in [6, 6.07) is 0. The van der Waals surface area contributed by atoms with Gasteiger partial charge in [0, 0.05) is 24.0 Å². The van der Waals surface area contributed by atoms with E-state index in [-0.39, 0.29) is 6.61 Å². The van der Waals surface area contributed by atoms with E-state index >= 15 is 0 Å². The minimum atomic E-state index is -0.00175. The number of hydrogen-bond donors (Lipinski definition) is 2. The molecule has 0 aliphatic carbocycles. The van der Waals surface area contributed by atoms with Crippen LogP contribution in [0.25, 0.3) is 0 Å². The lowest BCUT2D eigenvalue weighted by molar-refractivity contribution is 0.280. The Morgan fingerprint density at radius 1 is 1.58 bits per heavy atom. The summed E-state index contributed by atoms with van der Waals surface area (Å²) < 4.78 is 0. The minimum absolute atomic E-state index is 0.00175. The zero-order valence-electron chi connectivity index (χ0n) is 7.33. The molecular formula is C8H13N3O. The van der Waals surface area contributed by atoms with E-state index in [1.165, 1.54) is 0 Å². The van der Waals surface area contributed by atoms with Gasteiger partial charge in [-0.15, -0.1) is 0 Å². The lowest BCUT2D eigenvalue weighted by Crippen LogP contribution is -2.04. The van der Waals surface area contributed by atoms with E-state index in [9.17, 15) is 0 Å². The van der Waals surface area contributed by atoms with Crippen LogP contribution in [0.1, 0.15) is 18.2 Å². The lowest BCUT2D eigenvalue weighted by atomic mass is 10.3. The Balaban J connectivity index is 2.86. The van der Waals surface area contributed by atoms with Crippen molar-refractivity contribution >= 4 is 5.95 Å². The smallest absolute Gasteiger partial charge is 0.222 e. The molecule has 0 saturated carbocycles. The molecule has 0 unspecified atom stereocenters. The quantitative estimate of drug-likeness (QED) is 0.696. The zero-order valence-corrected chi connectivity index (χ0v) is 7.33. The van der Waals surface area contributed by atoms with Gasteiger partial charge < -0.3 is 10.4 Å². The summed E-state index contributed by atoms with van der Waals surface area (Å²) in [4.78, 5) is 8.17. The maximum Gasteiger partial charge on any atom is 0.222 e. The standard InChI is InChI=1S/C8H13N3O/c1-3-9-8-10-4-7(5-12)6(2)11-8/h4,12H,3,5H2,1-2H3,(H,9,10,11). The number of aromatic nitrogens is 2. The molecule has 0 aliphatic rings. The van der Waals surface area contributed by atoms with Crippen molar-refractivity contribution in [2.75, 3.05) is 11.9 Å². The number of aryl methyl sites for hydroxylation is 1. The van der Waals surface area contributed by atoms with Crippen molar-refractivity contribution < 1.29 is 5.11 Å². The molecule has 0 aromatic carbocycles. The molecule has 0 aliphatic heterocycles. The zero-order chi connectivity index (χ0) is 8.97. The van der Waals surface area contributed by atoms with Crippen molar-refractivity contribution in [3.63, 3.8) is 0 Å². The lowest BCUT2D eigenvalue weighted by Gasteiger charge is -2.04. The number of aliphatic hydroxyl groups is 1. The molecule has 0 saturated heterocycles. The second-order valence-electron chi connectivity index (χ2n) is 2.49. The molecule has 2 N–H and O–H groups in total. The molecule has 12 heavy (non-hydrogen) atoms. The largest absolute Gasteiger partial charge is 0.392 e. The van der Waals surface area contributed by atoms with Crippen LogP contribution in [0, 0.1) is 6.92 Å². The Hall–Kier alpha value is -1.16. The highest BCUT2D eigenvalue weighted by molar-refractivity contribution is 5.28. The first kappa shape index (κ1) is 8.93. The van der Waals surface area contributed by atoms with E-state index in [4.69, 9.17) is 5.11 Å². The van der Waals surface area contributed by atoms with Gasteiger partial charge in [-0.2, -0.15) is 0 Å². The predicted molar refractivity (Wildman–Crippen MR) is 46.9 cm³/mol. The third-order valence-electron chi connectivity index (χ3n) is 1.59. The Bertz CT molecular complexity index is 262. The Morgan fingerprint density at radius 3 is 2.83 bits per heavy atom. The van der Waals surface area contributed by atoms with Crippen molar-refractivity contribution in [3.05, 3.63) is 17.5 Å². The first-order chi connectivity index (χ1) is 5.77. The first-order valence-corrected chi connectivity index (χ1v) is 3.95. The van der Waals surface area contributed by atoms with Crippen LogP contribution in [-0.2, 0) is 6.61 Å². The fraction of sp³-hybridized carbons (Fsp3) is 0.500. The van der Waals surface area contributed by atoms with Gasteiger partial charge >= 0.3 is 0 Å². The second kappa shape index (κ2) is 4.01. The molecule has 66 valence electrons. The van der Waals surface area contributed by atoms with Gasteiger partial charge in [-0.3, -0.25) is 0 Å². The summed E-state index contributed by atoms with van der Waals surface area (Å²) in [7, 11) is 0. The maximum atomic E-state index is 8.84. The van der Waals surface area contributed by atoms with Gasteiger partial charge in [-0.05, 0) is 13.8 Å². The number of nitrogens with one attached hydrogen (secondary N) is 1. The van der Waals surface area contributed by atoms with Gasteiger partial charge in [0.25, 0.3) is 0 Å². The molecule has 1 rings (SSSR count). The van der Waals surface area contributed by atoms with Gasteiger partial charge in [0.05, 0.1) is 6.61 Å². The molecule has 0 fully saturated rings. The molecular weight excluding hydrogens is 154 g/mol. The Labute approximate surface area is 71.7 Å². The predicted octanol–water partition coefficient (Wildman–Crippen LogP) is 0.709. The van der Waals surface area contributed by atoms with Crippen LogP contribution in [0.3, 0.4) is 0 Å². The molecule has 0 radical (unpaired) electrons. The van der Waals surface area contributed by atoms with Gasteiger partial charge in [-0.25, -0.2) is 9.97 Å². The summed E-state index contributed by atoms with van der Waals surface area (Å²) in [6.45, 7) is 4.64. The first-order valence-electron chi connectivity index (χ1n) is 3.95.